The van der Waals surface area contributed by atoms with E-state index in [1.807, 2.05) is 17.5 Å². The van der Waals surface area contributed by atoms with Gasteiger partial charge in [-0.05, 0) is 25.3 Å². The lowest BCUT2D eigenvalue weighted by molar-refractivity contribution is -0.143. The van der Waals surface area contributed by atoms with Crippen molar-refractivity contribution in [1.82, 2.24) is 10.1 Å². The van der Waals surface area contributed by atoms with Crippen LogP contribution in [0.3, 0.4) is 0 Å². The molecule has 21 heavy (non-hydrogen) atoms. The summed E-state index contributed by atoms with van der Waals surface area (Å²) in [4.78, 5) is 26.0. The third-order valence-corrected chi connectivity index (χ3v) is 3.67. The van der Waals surface area contributed by atoms with Crippen LogP contribution in [-0.2, 0) is 9.53 Å². The first-order valence-corrected chi connectivity index (χ1v) is 7.49. The zero-order valence-electron chi connectivity index (χ0n) is 11.9. The Bertz CT molecular complexity index is 606. The smallest absolute Gasteiger partial charge is 0.325 e. The molecule has 6 nitrogen and oxygen atoms in total. The number of aromatic nitrogens is 1. The summed E-state index contributed by atoms with van der Waals surface area (Å²) in [6.07, 6.45) is 0. The van der Waals surface area contributed by atoms with Gasteiger partial charge in [-0.1, -0.05) is 11.2 Å². The Morgan fingerprint density at radius 1 is 1.43 bits per heavy atom. The zero-order valence-corrected chi connectivity index (χ0v) is 12.7. The number of carbonyl (C=O) groups excluding carboxylic acids is 2. The van der Waals surface area contributed by atoms with Gasteiger partial charge >= 0.3 is 5.97 Å². The van der Waals surface area contributed by atoms with Crippen molar-refractivity contribution < 1.29 is 18.8 Å². The Hall–Kier alpha value is -2.15. The predicted molar refractivity (Wildman–Crippen MR) is 78.0 cm³/mol. The Labute approximate surface area is 126 Å². The Morgan fingerprint density at radius 2 is 2.24 bits per heavy atom. The molecule has 0 N–H and O–H groups in total. The Morgan fingerprint density at radius 3 is 2.86 bits per heavy atom. The first kappa shape index (κ1) is 15.2. The van der Waals surface area contributed by atoms with E-state index in [1.165, 1.54) is 16.2 Å². The topological polar surface area (TPSA) is 72.6 Å². The highest BCUT2D eigenvalue weighted by molar-refractivity contribution is 7.13. The summed E-state index contributed by atoms with van der Waals surface area (Å²) < 4.78 is 10.0. The van der Waals surface area contributed by atoms with Crippen molar-refractivity contribution in [3.8, 4) is 10.6 Å². The summed E-state index contributed by atoms with van der Waals surface area (Å²) in [7, 11) is 0. The van der Waals surface area contributed by atoms with E-state index in [0.717, 1.165) is 4.88 Å². The molecule has 0 saturated carbocycles. The Kier molecular flexibility index (Phi) is 5.10. The first-order chi connectivity index (χ1) is 10.2. The molecule has 0 saturated heterocycles. The summed E-state index contributed by atoms with van der Waals surface area (Å²) in [5.41, 5.74) is 0.185. The van der Waals surface area contributed by atoms with E-state index in [0.29, 0.717) is 12.3 Å². The van der Waals surface area contributed by atoms with Crippen LogP contribution in [0.15, 0.2) is 28.1 Å². The van der Waals surface area contributed by atoms with Crippen molar-refractivity contribution in [2.75, 3.05) is 19.7 Å². The number of hydrogen-bond acceptors (Lipinski definition) is 6. The van der Waals surface area contributed by atoms with Crippen molar-refractivity contribution in [3.05, 3.63) is 29.3 Å². The van der Waals surface area contributed by atoms with Gasteiger partial charge in [0.25, 0.3) is 5.91 Å². The van der Waals surface area contributed by atoms with E-state index >= 15 is 0 Å². The molecule has 2 rings (SSSR count). The first-order valence-electron chi connectivity index (χ1n) is 6.61. The van der Waals surface area contributed by atoms with E-state index < -0.39 is 5.97 Å². The van der Waals surface area contributed by atoms with Crippen molar-refractivity contribution in [3.63, 3.8) is 0 Å². The van der Waals surface area contributed by atoms with Gasteiger partial charge in [-0.15, -0.1) is 11.3 Å². The molecule has 0 aromatic carbocycles. The predicted octanol–water partition coefficient (Wildman–Crippen LogP) is 2.43. The number of amides is 1. The molecule has 0 aliphatic rings. The lowest BCUT2D eigenvalue weighted by Gasteiger charge is -2.17. The molecule has 0 aliphatic heterocycles. The van der Waals surface area contributed by atoms with Crippen molar-refractivity contribution >= 4 is 23.2 Å². The fraction of sp³-hybridized carbons (Fsp3) is 0.357. The van der Waals surface area contributed by atoms with Crippen LogP contribution in [0.5, 0.6) is 0 Å². The van der Waals surface area contributed by atoms with Crippen LogP contribution >= 0.6 is 11.3 Å². The van der Waals surface area contributed by atoms with Crippen molar-refractivity contribution in [2.45, 2.75) is 13.8 Å². The normalized spacial score (nSPS) is 10.4. The van der Waals surface area contributed by atoms with Crippen LogP contribution in [0.4, 0.5) is 0 Å². The highest BCUT2D eigenvalue weighted by atomic mass is 32.1. The molecule has 0 radical (unpaired) electrons. The molecule has 1 amide bonds. The van der Waals surface area contributed by atoms with E-state index in [9.17, 15) is 9.59 Å². The fourth-order valence-corrected chi connectivity index (χ4v) is 2.44. The average Bonchev–Trinajstić information content (AvgIpc) is 3.14. The Balaban J connectivity index is 2.09. The summed E-state index contributed by atoms with van der Waals surface area (Å²) in [6.45, 7) is 4.10. The second-order valence-corrected chi connectivity index (χ2v) is 5.13. The van der Waals surface area contributed by atoms with E-state index in [1.54, 1.807) is 19.9 Å². The number of esters is 1. The summed E-state index contributed by atoms with van der Waals surface area (Å²) >= 11 is 1.50. The second-order valence-electron chi connectivity index (χ2n) is 4.18. The molecule has 7 heteroatoms. The monoisotopic (exact) mass is 308 g/mol. The number of ether oxygens (including phenoxy) is 1. The quantitative estimate of drug-likeness (QED) is 0.766. The zero-order chi connectivity index (χ0) is 15.2. The van der Waals surface area contributed by atoms with Gasteiger partial charge in [-0.25, -0.2) is 0 Å². The van der Waals surface area contributed by atoms with Gasteiger partial charge in [0.05, 0.1) is 11.5 Å². The van der Waals surface area contributed by atoms with E-state index in [-0.39, 0.29) is 24.8 Å². The number of carbonyl (C=O) groups is 2. The summed E-state index contributed by atoms with van der Waals surface area (Å²) in [5.74, 6) is -0.243. The van der Waals surface area contributed by atoms with Gasteiger partial charge in [-0.2, -0.15) is 0 Å². The van der Waals surface area contributed by atoms with Gasteiger partial charge in [0, 0.05) is 12.6 Å². The number of nitrogens with zero attached hydrogens (tertiary/aromatic N) is 2. The van der Waals surface area contributed by atoms with Crippen LogP contribution < -0.4 is 0 Å². The van der Waals surface area contributed by atoms with Gasteiger partial charge in [0.15, 0.2) is 11.5 Å². The average molecular weight is 308 g/mol. The molecule has 2 aromatic heterocycles. The number of rotatable bonds is 6. The minimum Gasteiger partial charge on any atom is -0.465 e. The highest BCUT2D eigenvalue weighted by Gasteiger charge is 2.22. The lowest BCUT2D eigenvalue weighted by Crippen LogP contribution is -2.36. The SMILES string of the molecule is CCOC(=O)CN(CC)C(=O)c1cc(-c2cccs2)on1. The molecular weight excluding hydrogens is 292 g/mol. The third-order valence-electron chi connectivity index (χ3n) is 2.79. The maximum Gasteiger partial charge on any atom is 0.325 e. The minimum atomic E-state index is -0.435. The second kappa shape index (κ2) is 7.03. The molecule has 0 atom stereocenters. The molecule has 2 heterocycles. The summed E-state index contributed by atoms with van der Waals surface area (Å²) in [6, 6.07) is 5.36. The molecule has 2 aromatic rings. The minimum absolute atomic E-state index is 0.0929. The molecule has 112 valence electrons. The van der Waals surface area contributed by atoms with Gasteiger partial charge in [0.1, 0.15) is 6.54 Å². The van der Waals surface area contributed by atoms with Gasteiger partial charge in [-0.3, -0.25) is 9.59 Å². The molecule has 0 fully saturated rings. The van der Waals surface area contributed by atoms with E-state index in [4.69, 9.17) is 9.26 Å². The standard InChI is InChI=1S/C14H16N2O4S/c1-3-16(9-13(17)19-4-2)14(18)10-8-11(20-15-10)12-6-5-7-21-12/h5-8H,3-4,9H2,1-2H3. The summed E-state index contributed by atoms with van der Waals surface area (Å²) in [5, 5.41) is 5.70. The number of likely N-dealkylation sites (N-methyl/N-ethyl adjacent to an activating group) is 1. The molecule has 0 spiro atoms. The van der Waals surface area contributed by atoms with E-state index in [2.05, 4.69) is 5.16 Å². The lowest BCUT2D eigenvalue weighted by atomic mass is 10.3. The largest absolute Gasteiger partial charge is 0.465 e. The fourth-order valence-electron chi connectivity index (χ4n) is 1.76. The van der Waals surface area contributed by atoms with Crippen LogP contribution in [0, 0.1) is 0 Å². The van der Waals surface area contributed by atoms with Gasteiger partial charge in [0.2, 0.25) is 0 Å². The molecule has 0 unspecified atom stereocenters. The van der Waals surface area contributed by atoms with Gasteiger partial charge < -0.3 is 14.2 Å². The molecule has 0 bridgehead atoms. The van der Waals surface area contributed by atoms with Crippen LogP contribution in [0.25, 0.3) is 10.6 Å². The maximum atomic E-state index is 12.3. The van der Waals surface area contributed by atoms with Crippen molar-refractivity contribution in [1.29, 1.82) is 0 Å². The highest BCUT2D eigenvalue weighted by Crippen LogP contribution is 2.25. The molecule has 0 aliphatic carbocycles. The number of hydrogen-bond donors (Lipinski definition) is 0. The molecular formula is C14H16N2O4S. The van der Waals surface area contributed by atoms with Crippen molar-refractivity contribution in [2.24, 2.45) is 0 Å². The third kappa shape index (κ3) is 3.69. The number of thiophene rings is 1. The van der Waals surface area contributed by atoms with Crippen LogP contribution in [-0.4, -0.2) is 41.6 Å². The maximum absolute atomic E-state index is 12.3. The van der Waals surface area contributed by atoms with Crippen LogP contribution in [0.2, 0.25) is 0 Å². The van der Waals surface area contributed by atoms with Crippen LogP contribution in [0.1, 0.15) is 24.3 Å².